The number of aryl methyl sites for hydroxylation is 1. The van der Waals surface area contributed by atoms with Gasteiger partial charge in [0.2, 0.25) is 0 Å². The first-order valence-electron chi connectivity index (χ1n) is 5.65. The number of thioether (sulfide) groups is 1. The molecule has 0 amide bonds. The third kappa shape index (κ3) is 5.05. The minimum atomic E-state index is 0.613. The Bertz CT molecular complexity index is 270. The van der Waals surface area contributed by atoms with Gasteiger partial charge in [0.15, 0.2) is 0 Å². The van der Waals surface area contributed by atoms with E-state index >= 15 is 0 Å². The van der Waals surface area contributed by atoms with E-state index in [1.165, 1.54) is 21.3 Å². The molecule has 1 aromatic rings. The third-order valence-corrected chi connectivity index (χ3v) is 4.64. The van der Waals surface area contributed by atoms with Crippen molar-refractivity contribution in [2.75, 3.05) is 11.5 Å². The Morgan fingerprint density at radius 1 is 1.33 bits per heavy atom. The summed E-state index contributed by atoms with van der Waals surface area (Å²) in [6.45, 7) is 7.71. The van der Waals surface area contributed by atoms with E-state index in [9.17, 15) is 0 Å². The monoisotopic (exact) mass is 243 g/mol. The van der Waals surface area contributed by atoms with E-state index in [0.29, 0.717) is 6.04 Å². The lowest BCUT2D eigenvalue weighted by molar-refractivity contribution is 0.600. The number of hydrogen-bond donors (Lipinski definition) is 1. The predicted octanol–water partition coefficient (Wildman–Crippen LogP) is 3.54. The topological polar surface area (TPSA) is 12.0 Å². The average molecular weight is 243 g/mol. The van der Waals surface area contributed by atoms with Gasteiger partial charge in [0.25, 0.3) is 0 Å². The molecule has 86 valence electrons. The Kier molecular flexibility index (Phi) is 6.37. The molecule has 0 aliphatic rings. The highest BCUT2D eigenvalue weighted by Crippen LogP contribution is 2.16. The zero-order chi connectivity index (χ0) is 11.1. The van der Waals surface area contributed by atoms with Crippen molar-refractivity contribution in [3.8, 4) is 0 Å². The van der Waals surface area contributed by atoms with Crippen LogP contribution in [0.3, 0.4) is 0 Å². The van der Waals surface area contributed by atoms with E-state index in [2.05, 4.69) is 38.2 Å². The van der Waals surface area contributed by atoms with Gasteiger partial charge in [-0.25, -0.2) is 0 Å². The van der Waals surface area contributed by atoms with Crippen LogP contribution in [-0.2, 0) is 13.0 Å². The second kappa shape index (κ2) is 7.31. The molecule has 1 rings (SSSR count). The van der Waals surface area contributed by atoms with Crippen LogP contribution in [0.5, 0.6) is 0 Å². The molecule has 0 aliphatic carbocycles. The van der Waals surface area contributed by atoms with Crippen LogP contribution in [0.1, 0.15) is 30.5 Å². The molecule has 1 aromatic heterocycles. The molecule has 1 heterocycles. The first-order valence-corrected chi connectivity index (χ1v) is 7.62. The molecule has 0 saturated heterocycles. The lowest BCUT2D eigenvalue weighted by Crippen LogP contribution is -2.27. The van der Waals surface area contributed by atoms with Crippen LogP contribution in [0.2, 0.25) is 0 Å². The third-order valence-electron chi connectivity index (χ3n) is 2.26. The first-order chi connectivity index (χ1) is 7.26. The maximum Gasteiger partial charge on any atom is 0.0302 e. The predicted molar refractivity (Wildman–Crippen MR) is 73.0 cm³/mol. The van der Waals surface area contributed by atoms with Crippen molar-refractivity contribution in [3.05, 3.63) is 21.9 Å². The lowest BCUT2D eigenvalue weighted by atomic mass is 10.3. The summed E-state index contributed by atoms with van der Waals surface area (Å²) in [6, 6.07) is 5.10. The second-order valence-corrected chi connectivity index (χ2v) is 6.23. The molecule has 1 atom stereocenters. The van der Waals surface area contributed by atoms with Crippen LogP contribution >= 0.6 is 23.1 Å². The number of thiophene rings is 1. The minimum absolute atomic E-state index is 0.613. The smallest absolute Gasteiger partial charge is 0.0302 e. The van der Waals surface area contributed by atoms with E-state index in [0.717, 1.165) is 13.0 Å². The SMILES string of the molecule is CCSCC(C)NCc1ccc(CC)s1. The summed E-state index contributed by atoms with van der Waals surface area (Å²) in [4.78, 5) is 2.95. The van der Waals surface area contributed by atoms with E-state index in [4.69, 9.17) is 0 Å². The molecule has 0 saturated carbocycles. The Balaban J connectivity index is 2.24. The summed E-state index contributed by atoms with van der Waals surface area (Å²) in [6.07, 6.45) is 1.16. The maximum atomic E-state index is 3.56. The van der Waals surface area contributed by atoms with Gasteiger partial charge in [-0.15, -0.1) is 11.3 Å². The molecule has 1 nitrogen and oxygen atoms in total. The van der Waals surface area contributed by atoms with E-state index in [1.807, 2.05) is 23.1 Å². The van der Waals surface area contributed by atoms with Crippen molar-refractivity contribution in [2.24, 2.45) is 0 Å². The van der Waals surface area contributed by atoms with Gasteiger partial charge in [-0.1, -0.05) is 13.8 Å². The Morgan fingerprint density at radius 2 is 2.07 bits per heavy atom. The Morgan fingerprint density at radius 3 is 2.67 bits per heavy atom. The molecule has 0 aromatic carbocycles. The fraction of sp³-hybridized carbons (Fsp3) is 0.667. The highest BCUT2D eigenvalue weighted by molar-refractivity contribution is 7.99. The van der Waals surface area contributed by atoms with Gasteiger partial charge in [-0.2, -0.15) is 11.8 Å². The van der Waals surface area contributed by atoms with Crippen molar-refractivity contribution in [3.63, 3.8) is 0 Å². The molecule has 0 fully saturated rings. The molecule has 0 radical (unpaired) electrons. The molecule has 1 N–H and O–H groups in total. The molecule has 3 heteroatoms. The summed E-state index contributed by atoms with van der Waals surface area (Å²) in [5.74, 6) is 2.42. The fourth-order valence-corrected chi connectivity index (χ4v) is 2.95. The zero-order valence-corrected chi connectivity index (χ0v) is 11.5. The van der Waals surface area contributed by atoms with Crippen molar-refractivity contribution >= 4 is 23.1 Å². The second-order valence-electron chi connectivity index (χ2n) is 3.66. The van der Waals surface area contributed by atoms with Gasteiger partial charge in [-0.3, -0.25) is 0 Å². The van der Waals surface area contributed by atoms with Crippen LogP contribution in [-0.4, -0.2) is 17.5 Å². The van der Waals surface area contributed by atoms with Crippen molar-refractivity contribution in [1.29, 1.82) is 0 Å². The molecule has 1 unspecified atom stereocenters. The Labute approximate surface area is 102 Å². The number of nitrogens with one attached hydrogen (secondary N) is 1. The zero-order valence-electron chi connectivity index (χ0n) is 9.88. The van der Waals surface area contributed by atoms with Gasteiger partial charge in [0.05, 0.1) is 0 Å². The standard InChI is InChI=1S/C12H21NS2/c1-4-11-6-7-12(15-11)8-13-10(3)9-14-5-2/h6-7,10,13H,4-5,8-9H2,1-3H3. The van der Waals surface area contributed by atoms with Gasteiger partial charge in [-0.05, 0) is 31.2 Å². The summed E-state index contributed by atoms with van der Waals surface area (Å²) < 4.78 is 0. The summed E-state index contributed by atoms with van der Waals surface area (Å²) in [7, 11) is 0. The van der Waals surface area contributed by atoms with Crippen LogP contribution in [0.25, 0.3) is 0 Å². The number of hydrogen-bond acceptors (Lipinski definition) is 3. The molecule has 0 aliphatic heterocycles. The molecule has 0 bridgehead atoms. The van der Waals surface area contributed by atoms with Crippen molar-refractivity contribution in [2.45, 2.75) is 39.8 Å². The summed E-state index contributed by atoms with van der Waals surface area (Å²) in [5, 5.41) is 3.56. The summed E-state index contributed by atoms with van der Waals surface area (Å²) >= 11 is 3.93. The molecular weight excluding hydrogens is 222 g/mol. The van der Waals surface area contributed by atoms with Crippen LogP contribution in [0.15, 0.2) is 12.1 Å². The quantitative estimate of drug-likeness (QED) is 0.786. The first kappa shape index (κ1) is 13.1. The molecular formula is C12H21NS2. The van der Waals surface area contributed by atoms with Crippen molar-refractivity contribution in [1.82, 2.24) is 5.32 Å². The van der Waals surface area contributed by atoms with E-state index in [1.54, 1.807) is 0 Å². The van der Waals surface area contributed by atoms with Gasteiger partial charge >= 0.3 is 0 Å². The van der Waals surface area contributed by atoms with Crippen LogP contribution in [0.4, 0.5) is 0 Å². The maximum absolute atomic E-state index is 3.56. The Hall–Kier alpha value is 0.01000. The van der Waals surface area contributed by atoms with Crippen molar-refractivity contribution < 1.29 is 0 Å². The van der Waals surface area contributed by atoms with Crippen LogP contribution in [0, 0.1) is 0 Å². The van der Waals surface area contributed by atoms with Gasteiger partial charge in [0.1, 0.15) is 0 Å². The minimum Gasteiger partial charge on any atom is -0.309 e. The summed E-state index contributed by atoms with van der Waals surface area (Å²) in [5.41, 5.74) is 0. The number of rotatable bonds is 7. The van der Waals surface area contributed by atoms with E-state index < -0.39 is 0 Å². The molecule has 0 spiro atoms. The average Bonchev–Trinajstić information content (AvgIpc) is 2.71. The molecule has 15 heavy (non-hydrogen) atoms. The van der Waals surface area contributed by atoms with Gasteiger partial charge < -0.3 is 5.32 Å². The largest absolute Gasteiger partial charge is 0.309 e. The fourth-order valence-electron chi connectivity index (χ4n) is 1.34. The van der Waals surface area contributed by atoms with Gasteiger partial charge in [0, 0.05) is 28.1 Å². The highest BCUT2D eigenvalue weighted by Gasteiger charge is 2.02. The normalized spacial score (nSPS) is 13.0. The lowest BCUT2D eigenvalue weighted by Gasteiger charge is -2.11. The van der Waals surface area contributed by atoms with E-state index in [-0.39, 0.29) is 0 Å². The van der Waals surface area contributed by atoms with Crippen LogP contribution < -0.4 is 5.32 Å². The highest BCUT2D eigenvalue weighted by atomic mass is 32.2.